The predicted octanol–water partition coefficient (Wildman–Crippen LogP) is 3.34. The first-order chi connectivity index (χ1) is 14.1. The van der Waals surface area contributed by atoms with E-state index in [9.17, 15) is 4.79 Å². The number of nitrogens with one attached hydrogen (secondary N) is 2. The molecule has 8 heteroatoms. The highest BCUT2D eigenvalue weighted by Gasteiger charge is 2.22. The van der Waals surface area contributed by atoms with E-state index in [1.807, 2.05) is 17.0 Å². The second kappa shape index (κ2) is 14.3. The minimum atomic E-state index is 0. The highest BCUT2D eigenvalue weighted by atomic mass is 127. The van der Waals surface area contributed by atoms with Crippen LogP contribution < -0.4 is 20.1 Å². The fourth-order valence-corrected chi connectivity index (χ4v) is 3.40. The van der Waals surface area contributed by atoms with Gasteiger partial charge in [-0.3, -0.25) is 9.79 Å². The summed E-state index contributed by atoms with van der Waals surface area (Å²) in [7, 11) is 3.28. The summed E-state index contributed by atoms with van der Waals surface area (Å²) in [6.45, 7) is 7.98. The molecular weight excluding hydrogens is 495 g/mol. The largest absolute Gasteiger partial charge is 0.493 e. The van der Waals surface area contributed by atoms with Crippen molar-refractivity contribution in [3.05, 3.63) is 23.3 Å². The summed E-state index contributed by atoms with van der Waals surface area (Å²) in [5.41, 5.74) is 2.36. The van der Waals surface area contributed by atoms with E-state index in [0.29, 0.717) is 25.3 Å². The van der Waals surface area contributed by atoms with Crippen LogP contribution in [0.15, 0.2) is 17.1 Å². The summed E-state index contributed by atoms with van der Waals surface area (Å²) in [4.78, 5) is 19.2. The Bertz CT molecular complexity index is 697. The monoisotopic (exact) mass is 532 g/mol. The summed E-state index contributed by atoms with van der Waals surface area (Å²) in [5, 5.41) is 6.57. The van der Waals surface area contributed by atoms with Crippen molar-refractivity contribution < 1.29 is 14.3 Å². The van der Waals surface area contributed by atoms with Crippen LogP contribution >= 0.6 is 24.0 Å². The zero-order valence-corrected chi connectivity index (χ0v) is 21.1. The van der Waals surface area contributed by atoms with Gasteiger partial charge in [-0.25, -0.2) is 0 Å². The molecule has 0 bridgehead atoms. The van der Waals surface area contributed by atoms with Crippen LogP contribution in [0.1, 0.15) is 50.7 Å². The fourth-order valence-electron chi connectivity index (χ4n) is 3.40. The van der Waals surface area contributed by atoms with E-state index in [4.69, 9.17) is 9.47 Å². The second-order valence-electron chi connectivity index (χ2n) is 7.19. The first kappa shape index (κ1) is 26.3. The third kappa shape index (κ3) is 7.85. The van der Waals surface area contributed by atoms with Gasteiger partial charge in [-0.15, -0.1) is 24.0 Å². The van der Waals surface area contributed by atoms with Crippen LogP contribution in [0.5, 0.6) is 11.5 Å². The normalized spacial score (nSPS) is 13.2. The number of hydrogen-bond acceptors (Lipinski definition) is 4. The second-order valence-corrected chi connectivity index (χ2v) is 7.19. The van der Waals surface area contributed by atoms with Crippen molar-refractivity contribution in [3.8, 4) is 11.5 Å². The third-order valence-electron chi connectivity index (χ3n) is 5.06. The lowest BCUT2D eigenvalue weighted by Crippen LogP contribution is -2.38. The quantitative estimate of drug-likeness (QED) is 0.209. The van der Waals surface area contributed by atoms with E-state index in [-0.39, 0.29) is 29.9 Å². The van der Waals surface area contributed by atoms with Crippen molar-refractivity contribution in [1.82, 2.24) is 15.5 Å². The van der Waals surface area contributed by atoms with Gasteiger partial charge >= 0.3 is 0 Å². The minimum Gasteiger partial charge on any atom is -0.493 e. The van der Waals surface area contributed by atoms with Gasteiger partial charge < -0.3 is 25.0 Å². The standard InChI is InChI=1S/C22H36N4O3.HI/c1-5-7-11-24-22(23-6-2)25-12-8-9-21(27)26-13-10-17-14-19(28-3)20(29-4)15-18(17)16-26;/h14-15H,5-13,16H2,1-4H3,(H2,23,24,25);1H. The molecule has 7 nitrogen and oxygen atoms in total. The Morgan fingerprint density at radius 1 is 1.10 bits per heavy atom. The van der Waals surface area contributed by atoms with Gasteiger partial charge in [0.25, 0.3) is 0 Å². The van der Waals surface area contributed by atoms with Gasteiger partial charge in [0, 0.05) is 39.1 Å². The number of unbranched alkanes of at least 4 members (excludes halogenated alkanes) is 1. The van der Waals surface area contributed by atoms with Gasteiger partial charge in [0.1, 0.15) is 0 Å². The Kier molecular flexibility index (Phi) is 12.6. The van der Waals surface area contributed by atoms with E-state index >= 15 is 0 Å². The highest BCUT2D eigenvalue weighted by Crippen LogP contribution is 2.33. The number of aliphatic imine (C=N–C) groups is 1. The molecule has 0 unspecified atom stereocenters. The summed E-state index contributed by atoms with van der Waals surface area (Å²) in [6.07, 6.45) is 4.37. The van der Waals surface area contributed by atoms with Crippen LogP contribution in [0.4, 0.5) is 0 Å². The molecule has 2 rings (SSSR count). The van der Waals surface area contributed by atoms with Crippen LogP contribution in [-0.4, -0.2) is 57.2 Å². The summed E-state index contributed by atoms with van der Waals surface area (Å²) in [5.74, 6) is 2.47. The SMILES string of the molecule is CCCCNC(=NCCCC(=O)N1CCc2cc(OC)c(OC)cc2C1)NCC.I. The number of guanidine groups is 1. The van der Waals surface area contributed by atoms with Crippen LogP contribution in [0.2, 0.25) is 0 Å². The maximum atomic E-state index is 12.7. The maximum absolute atomic E-state index is 12.7. The number of rotatable bonds is 10. The molecule has 0 fully saturated rings. The highest BCUT2D eigenvalue weighted by molar-refractivity contribution is 14.0. The Hall–Kier alpha value is -1.71. The van der Waals surface area contributed by atoms with Crippen molar-refractivity contribution >= 4 is 35.8 Å². The van der Waals surface area contributed by atoms with E-state index in [1.165, 1.54) is 5.56 Å². The average Bonchev–Trinajstić information content (AvgIpc) is 2.75. The first-order valence-corrected chi connectivity index (χ1v) is 10.7. The molecule has 170 valence electrons. The number of ether oxygens (including phenoxy) is 2. The average molecular weight is 532 g/mol. The van der Waals surface area contributed by atoms with Gasteiger partial charge in [-0.05, 0) is 49.4 Å². The first-order valence-electron chi connectivity index (χ1n) is 10.7. The zero-order chi connectivity index (χ0) is 21.1. The predicted molar refractivity (Wildman–Crippen MR) is 132 cm³/mol. The van der Waals surface area contributed by atoms with Crippen molar-refractivity contribution in [1.29, 1.82) is 0 Å². The molecule has 1 aliphatic heterocycles. The van der Waals surface area contributed by atoms with Crippen LogP contribution in [0.3, 0.4) is 0 Å². The van der Waals surface area contributed by atoms with Crippen molar-refractivity contribution in [2.24, 2.45) is 4.99 Å². The molecule has 0 aliphatic carbocycles. The lowest BCUT2D eigenvalue weighted by atomic mass is 9.98. The summed E-state index contributed by atoms with van der Waals surface area (Å²) in [6, 6.07) is 4.01. The van der Waals surface area contributed by atoms with Crippen molar-refractivity contribution in [3.63, 3.8) is 0 Å². The summed E-state index contributed by atoms with van der Waals surface area (Å²) < 4.78 is 10.8. The molecule has 0 aromatic heterocycles. The number of amides is 1. The van der Waals surface area contributed by atoms with E-state index in [0.717, 1.165) is 62.6 Å². The number of methoxy groups -OCH3 is 2. The van der Waals surface area contributed by atoms with Gasteiger partial charge in [0.05, 0.1) is 14.2 Å². The lowest BCUT2D eigenvalue weighted by molar-refractivity contribution is -0.132. The Morgan fingerprint density at radius 3 is 2.43 bits per heavy atom. The number of carbonyl (C=O) groups excluding carboxylic acids is 1. The number of carbonyl (C=O) groups is 1. The molecule has 30 heavy (non-hydrogen) atoms. The van der Waals surface area contributed by atoms with Crippen LogP contribution in [0, 0.1) is 0 Å². The van der Waals surface area contributed by atoms with Gasteiger partial charge in [-0.2, -0.15) is 0 Å². The third-order valence-corrected chi connectivity index (χ3v) is 5.06. The Labute approximate surface area is 198 Å². The van der Waals surface area contributed by atoms with Gasteiger partial charge in [0.2, 0.25) is 5.91 Å². The topological polar surface area (TPSA) is 75.2 Å². The molecule has 0 atom stereocenters. The van der Waals surface area contributed by atoms with Crippen LogP contribution in [-0.2, 0) is 17.8 Å². The summed E-state index contributed by atoms with van der Waals surface area (Å²) >= 11 is 0. The van der Waals surface area contributed by atoms with Gasteiger partial charge in [-0.1, -0.05) is 13.3 Å². The number of halogens is 1. The molecule has 0 radical (unpaired) electrons. The molecule has 0 spiro atoms. The van der Waals surface area contributed by atoms with E-state index in [1.54, 1.807) is 14.2 Å². The van der Waals surface area contributed by atoms with E-state index in [2.05, 4.69) is 29.5 Å². The van der Waals surface area contributed by atoms with Crippen molar-refractivity contribution in [2.45, 2.75) is 52.5 Å². The Morgan fingerprint density at radius 2 is 1.80 bits per heavy atom. The van der Waals surface area contributed by atoms with Crippen molar-refractivity contribution in [2.75, 3.05) is 40.4 Å². The maximum Gasteiger partial charge on any atom is 0.222 e. The lowest BCUT2D eigenvalue weighted by Gasteiger charge is -2.29. The number of hydrogen-bond donors (Lipinski definition) is 2. The molecule has 1 aliphatic rings. The fraction of sp³-hybridized carbons (Fsp3) is 0.636. The molecule has 1 heterocycles. The van der Waals surface area contributed by atoms with Crippen LogP contribution in [0.25, 0.3) is 0 Å². The number of nitrogens with zero attached hydrogens (tertiary/aromatic N) is 2. The number of benzene rings is 1. The molecular formula is C22H37IN4O3. The smallest absolute Gasteiger partial charge is 0.222 e. The molecule has 2 N–H and O–H groups in total. The molecule has 0 saturated carbocycles. The number of fused-ring (bicyclic) bond motifs is 1. The molecule has 0 saturated heterocycles. The molecule has 1 aromatic rings. The molecule has 1 aromatic carbocycles. The van der Waals surface area contributed by atoms with Gasteiger partial charge in [0.15, 0.2) is 17.5 Å². The zero-order valence-electron chi connectivity index (χ0n) is 18.8. The Balaban J connectivity index is 0.00000450. The minimum absolute atomic E-state index is 0. The van der Waals surface area contributed by atoms with E-state index < -0.39 is 0 Å². The molecule has 1 amide bonds.